The van der Waals surface area contributed by atoms with Gasteiger partial charge < -0.3 is 0 Å². The largest absolute Gasteiger partial charge is 0.244 e. The molecular formula is C17H12ClFN2. The normalized spacial score (nSPS) is 12.1. The smallest absolute Gasteiger partial charge is 0.136 e. The van der Waals surface area contributed by atoms with Crippen molar-refractivity contribution in [2.75, 3.05) is 0 Å². The number of aromatic nitrogens is 2. The molecule has 0 spiro atoms. The molecule has 0 aliphatic heterocycles. The van der Waals surface area contributed by atoms with E-state index >= 15 is 0 Å². The zero-order chi connectivity index (χ0) is 14.7. The van der Waals surface area contributed by atoms with Gasteiger partial charge in [-0.05, 0) is 17.2 Å². The molecule has 0 saturated carbocycles. The zero-order valence-electron chi connectivity index (χ0n) is 11.1. The van der Waals surface area contributed by atoms with Crippen LogP contribution in [-0.2, 0) is 0 Å². The van der Waals surface area contributed by atoms with Gasteiger partial charge in [0.1, 0.15) is 17.3 Å². The van der Waals surface area contributed by atoms with E-state index in [1.165, 1.54) is 12.4 Å². The average Bonchev–Trinajstić information content (AvgIpc) is 2.52. The number of hydrogen-bond acceptors (Lipinski definition) is 2. The summed E-state index contributed by atoms with van der Waals surface area (Å²) in [5.74, 6) is -0.604. The second kappa shape index (κ2) is 6.02. The van der Waals surface area contributed by atoms with Crippen LogP contribution in [0.1, 0.15) is 22.6 Å². The second-order valence-electron chi connectivity index (χ2n) is 4.63. The van der Waals surface area contributed by atoms with E-state index in [2.05, 4.69) is 9.97 Å². The van der Waals surface area contributed by atoms with Gasteiger partial charge in [-0.25, -0.2) is 14.4 Å². The highest BCUT2D eigenvalue weighted by Crippen LogP contribution is 2.35. The van der Waals surface area contributed by atoms with Gasteiger partial charge in [0.25, 0.3) is 0 Å². The average molecular weight is 299 g/mol. The van der Waals surface area contributed by atoms with Gasteiger partial charge in [0.05, 0.1) is 0 Å². The van der Waals surface area contributed by atoms with Gasteiger partial charge in [0.15, 0.2) is 0 Å². The van der Waals surface area contributed by atoms with Crippen molar-refractivity contribution in [1.29, 1.82) is 0 Å². The third-order valence-corrected chi connectivity index (χ3v) is 3.67. The van der Waals surface area contributed by atoms with Crippen molar-refractivity contribution in [3.05, 3.63) is 94.8 Å². The summed E-state index contributed by atoms with van der Waals surface area (Å²) in [5, 5.41) is 0.335. The summed E-state index contributed by atoms with van der Waals surface area (Å²) in [6.07, 6.45) is 3.02. The summed E-state index contributed by atoms with van der Waals surface area (Å²) >= 11 is 6.20. The molecule has 1 aromatic heterocycles. The molecule has 2 aromatic carbocycles. The maximum absolute atomic E-state index is 14.3. The van der Waals surface area contributed by atoms with E-state index in [0.717, 1.165) is 5.56 Å². The third-order valence-electron chi connectivity index (χ3n) is 3.35. The van der Waals surface area contributed by atoms with Crippen molar-refractivity contribution < 1.29 is 4.39 Å². The number of nitrogens with zero attached hydrogens (tertiary/aromatic N) is 2. The fraction of sp³-hybridized carbons (Fsp3) is 0.0588. The molecule has 0 aliphatic carbocycles. The standard InChI is InChI=1S/C17H12ClFN2/c18-17-14(10-20-11-21-17)16(12-6-2-1-3-7-12)13-8-4-5-9-15(13)19/h1-11,16H/t16-/m0/s1. The minimum atomic E-state index is -0.332. The number of benzene rings is 2. The Morgan fingerprint density at radius 2 is 1.62 bits per heavy atom. The summed E-state index contributed by atoms with van der Waals surface area (Å²) in [6, 6.07) is 16.3. The molecule has 1 atom stereocenters. The van der Waals surface area contributed by atoms with E-state index in [4.69, 9.17) is 11.6 Å². The van der Waals surface area contributed by atoms with Crippen LogP contribution in [0.25, 0.3) is 0 Å². The zero-order valence-corrected chi connectivity index (χ0v) is 11.8. The van der Waals surface area contributed by atoms with E-state index in [0.29, 0.717) is 16.3 Å². The van der Waals surface area contributed by atoms with Crippen LogP contribution in [-0.4, -0.2) is 9.97 Å². The van der Waals surface area contributed by atoms with Crippen LogP contribution in [0.4, 0.5) is 4.39 Å². The molecule has 0 bridgehead atoms. The van der Waals surface area contributed by atoms with E-state index in [-0.39, 0.29) is 11.7 Å². The van der Waals surface area contributed by atoms with Crippen LogP contribution < -0.4 is 0 Å². The fourth-order valence-corrected chi connectivity index (χ4v) is 2.60. The van der Waals surface area contributed by atoms with Crippen molar-refractivity contribution in [1.82, 2.24) is 9.97 Å². The molecule has 104 valence electrons. The van der Waals surface area contributed by atoms with Crippen molar-refractivity contribution >= 4 is 11.6 Å². The first-order chi connectivity index (χ1) is 10.3. The molecule has 0 saturated heterocycles. The fourth-order valence-electron chi connectivity index (χ4n) is 2.40. The lowest BCUT2D eigenvalue weighted by Gasteiger charge is -2.19. The highest BCUT2D eigenvalue weighted by Gasteiger charge is 2.22. The molecule has 0 unspecified atom stereocenters. The lowest BCUT2D eigenvalue weighted by atomic mass is 9.86. The topological polar surface area (TPSA) is 25.8 Å². The van der Waals surface area contributed by atoms with E-state index in [9.17, 15) is 4.39 Å². The molecule has 21 heavy (non-hydrogen) atoms. The number of rotatable bonds is 3. The predicted octanol–water partition coefficient (Wildman–Crippen LogP) is 4.45. The SMILES string of the molecule is Fc1ccccc1[C@H](c1ccccc1)c1cncnc1Cl. The monoisotopic (exact) mass is 298 g/mol. The molecule has 0 N–H and O–H groups in total. The Balaban J connectivity index is 2.22. The van der Waals surface area contributed by atoms with Crippen LogP contribution in [0.5, 0.6) is 0 Å². The molecular weight excluding hydrogens is 287 g/mol. The highest BCUT2D eigenvalue weighted by molar-refractivity contribution is 6.30. The van der Waals surface area contributed by atoms with Gasteiger partial charge >= 0.3 is 0 Å². The minimum Gasteiger partial charge on any atom is -0.244 e. The van der Waals surface area contributed by atoms with Crippen LogP contribution in [0.3, 0.4) is 0 Å². The quantitative estimate of drug-likeness (QED) is 0.668. The van der Waals surface area contributed by atoms with Crippen molar-refractivity contribution in [3.63, 3.8) is 0 Å². The molecule has 4 heteroatoms. The Morgan fingerprint density at radius 3 is 2.33 bits per heavy atom. The van der Waals surface area contributed by atoms with E-state index < -0.39 is 0 Å². The Kier molecular flexibility index (Phi) is 3.93. The summed E-state index contributed by atoms with van der Waals surface area (Å²) in [6.45, 7) is 0. The summed E-state index contributed by atoms with van der Waals surface area (Å²) in [5.41, 5.74) is 2.19. The molecule has 2 nitrogen and oxygen atoms in total. The summed E-state index contributed by atoms with van der Waals surface area (Å²) in [4.78, 5) is 8.04. The van der Waals surface area contributed by atoms with Gasteiger partial charge in [0, 0.05) is 17.7 Å². The minimum absolute atomic E-state index is 0.272. The van der Waals surface area contributed by atoms with Crippen molar-refractivity contribution in [3.8, 4) is 0 Å². The molecule has 1 heterocycles. The van der Waals surface area contributed by atoms with E-state index in [1.54, 1.807) is 18.3 Å². The van der Waals surface area contributed by atoms with Crippen LogP contribution >= 0.6 is 11.6 Å². The molecule has 3 aromatic rings. The molecule has 0 amide bonds. The van der Waals surface area contributed by atoms with Crippen LogP contribution in [0.15, 0.2) is 67.1 Å². The summed E-state index contributed by atoms with van der Waals surface area (Å²) in [7, 11) is 0. The number of halogens is 2. The van der Waals surface area contributed by atoms with E-state index in [1.807, 2.05) is 36.4 Å². The molecule has 0 radical (unpaired) electrons. The van der Waals surface area contributed by atoms with Crippen molar-refractivity contribution in [2.24, 2.45) is 0 Å². The highest BCUT2D eigenvalue weighted by atomic mass is 35.5. The van der Waals surface area contributed by atoms with Gasteiger partial charge in [-0.1, -0.05) is 60.1 Å². The first-order valence-corrected chi connectivity index (χ1v) is 6.90. The second-order valence-corrected chi connectivity index (χ2v) is 4.99. The van der Waals surface area contributed by atoms with Crippen LogP contribution in [0.2, 0.25) is 5.15 Å². The first kappa shape index (κ1) is 13.7. The lowest BCUT2D eigenvalue weighted by molar-refractivity contribution is 0.606. The lowest BCUT2D eigenvalue weighted by Crippen LogP contribution is -2.07. The van der Waals surface area contributed by atoms with Gasteiger partial charge in [0.2, 0.25) is 0 Å². The van der Waals surface area contributed by atoms with Crippen LogP contribution in [0, 0.1) is 5.82 Å². The molecule has 0 fully saturated rings. The maximum atomic E-state index is 14.3. The number of hydrogen-bond donors (Lipinski definition) is 0. The Labute approximate surface area is 127 Å². The van der Waals surface area contributed by atoms with Crippen molar-refractivity contribution in [2.45, 2.75) is 5.92 Å². The Hall–Kier alpha value is -2.26. The van der Waals surface area contributed by atoms with Gasteiger partial charge in [-0.3, -0.25) is 0 Å². The summed E-state index contributed by atoms with van der Waals surface area (Å²) < 4.78 is 14.3. The Morgan fingerprint density at radius 1 is 0.905 bits per heavy atom. The predicted molar refractivity (Wildman–Crippen MR) is 80.8 cm³/mol. The molecule has 0 aliphatic rings. The van der Waals surface area contributed by atoms with Gasteiger partial charge in [-0.2, -0.15) is 0 Å². The molecule has 3 rings (SSSR count). The maximum Gasteiger partial charge on any atom is 0.136 e. The van der Waals surface area contributed by atoms with Gasteiger partial charge in [-0.15, -0.1) is 0 Å². The first-order valence-electron chi connectivity index (χ1n) is 6.52. The third kappa shape index (κ3) is 2.78. The Bertz CT molecular complexity index is 701.